The lowest BCUT2D eigenvalue weighted by Gasteiger charge is -2.12. The molecule has 0 aliphatic heterocycles. The van der Waals surface area contributed by atoms with Gasteiger partial charge in [-0.25, -0.2) is 8.78 Å². The summed E-state index contributed by atoms with van der Waals surface area (Å²) in [7, 11) is 3.43. The fourth-order valence-electron chi connectivity index (χ4n) is 2.38. The number of benzene rings is 2. The Bertz CT molecular complexity index is 1010. The first kappa shape index (κ1) is 18.7. The molecule has 0 fully saturated rings. The lowest BCUT2D eigenvalue weighted by molar-refractivity contribution is 0.105. The number of carbonyl (C=O) groups is 1. The minimum absolute atomic E-state index is 0.0207. The Hall–Kier alpha value is -3.13. The van der Waals surface area contributed by atoms with Crippen LogP contribution in [0.2, 0.25) is 5.02 Å². The van der Waals surface area contributed by atoms with Crippen molar-refractivity contribution in [3.05, 3.63) is 76.7 Å². The Morgan fingerprint density at radius 1 is 1.11 bits per heavy atom. The number of aromatic nitrogens is 4. The van der Waals surface area contributed by atoms with E-state index in [1.54, 1.807) is 43.3 Å². The van der Waals surface area contributed by atoms with Crippen LogP contribution in [-0.2, 0) is 0 Å². The van der Waals surface area contributed by atoms with Crippen LogP contribution in [0, 0.1) is 11.6 Å². The Kier molecular flexibility index (Phi) is 5.27. The highest BCUT2D eigenvalue weighted by Crippen LogP contribution is 2.22. The molecule has 0 amide bonds. The van der Waals surface area contributed by atoms with Crippen molar-refractivity contribution in [2.75, 3.05) is 14.1 Å². The van der Waals surface area contributed by atoms with E-state index in [1.165, 1.54) is 16.9 Å². The molecule has 3 aromatic rings. The van der Waals surface area contributed by atoms with Crippen LogP contribution in [0.25, 0.3) is 11.3 Å². The molecular formula is C18H14ClF2N5O. The van der Waals surface area contributed by atoms with Gasteiger partial charge in [0, 0.05) is 30.9 Å². The first-order valence-electron chi connectivity index (χ1n) is 7.79. The van der Waals surface area contributed by atoms with Gasteiger partial charge in [-0.15, -0.1) is 5.10 Å². The highest BCUT2D eigenvalue weighted by atomic mass is 35.5. The smallest absolute Gasteiger partial charge is 0.198 e. The van der Waals surface area contributed by atoms with Crippen LogP contribution in [0.4, 0.5) is 8.78 Å². The monoisotopic (exact) mass is 389 g/mol. The molecule has 0 N–H and O–H groups in total. The van der Waals surface area contributed by atoms with Crippen molar-refractivity contribution in [3.8, 4) is 5.69 Å². The topological polar surface area (TPSA) is 63.9 Å². The number of hydrogen-bond donors (Lipinski definition) is 0. The molecule has 27 heavy (non-hydrogen) atoms. The molecule has 0 radical (unpaired) electrons. The Balaban J connectivity index is 2.09. The van der Waals surface area contributed by atoms with Crippen molar-refractivity contribution >= 4 is 23.0 Å². The zero-order chi connectivity index (χ0) is 19.6. The van der Waals surface area contributed by atoms with Gasteiger partial charge in [0.05, 0.1) is 11.3 Å². The standard InChI is InChI=1S/C18H14ClF2N5O/c1-25(2)10-14(17(27)11-3-8-15(20)16(21)9-11)18-22-23-24-26(18)13-6-4-12(19)5-7-13/h3-10H,1-2H3/b14-10+. The van der Waals surface area contributed by atoms with Crippen molar-refractivity contribution in [1.29, 1.82) is 0 Å². The molecule has 0 bridgehead atoms. The van der Waals surface area contributed by atoms with Gasteiger partial charge >= 0.3 is 0 Å². The fourth-order valence-corrected chi connectivity index (χ4v) is 2.51. The molecule has 0 aliphatic rings. The lowest BCUT2D eigenvalue weighted by Crippen LogP contribution is -2.14. The minimum atomic E-state index is -1.11. The van der Waals surface area contributed by atoms with Crippen LogP contribution < -0.4 is 0 Å². The fraction of sp³-hybridized carbons (Fsp3) is 0.111. The third-order valence-electron chi connectivity index (χ3n) is 3.60. The number of allylic oxidation sites excluding steroid dienone is 1. The van der Waals surface area contributed by atoms with E-state index in [2.05, 4.69) is 15.5 Å². The van der Waals surface area contributed by atoms with Gasteiger partial charge in [-0.1, -0.05) is 11.6 Å². The highest BCUT2D eigenvalue weighted by molar-refractivity contribution is 6.30. The number of tetrazole rings is 1. The molecule has 6 nitrogen and oxygen atoms in total. The van der Waals surface area contributed by atoms with E-state index in [1.807, 2.05) is 0 Å². The van der Waals surface area contributed by atoms with Gasteiger partial charge in [0.25, 0.3) is 0 Å². The van der Waals surface area contributed by atoms with Crippen LogP contribution in [0.5, 0.6) is 0 Å². The van der Waals surface area contributed by atoms with Gasteiger partial charge in [0.2, 0.25) is 0 Å². The maximum Gasteiger partial charge on any atom is 0.198 e. The van der Waals surface area contributed by atoms with E-state index in [9.17, 15) is 13.6 Å². The molecule has 0 atom stereocenters. The van der Waals surface area contributed by atoms with Gasteiger partial charge in [-0.2, -0.15) is 4.68 Å². The van der Waals surface area contributed by atoms with E-state index >= 15 is 0 Å². The summed E-state index contributed by atoms with van der Waals surface area (Å²) in [6, 6.07) is 9.66. The maximum absolute atomic E-state index is 13.6. The van der Waals surface area contributed by atoms with Crippen molar-refractivity contribution < 1.29 is 13.6 Å². The van der Waals surface area contributed by atoms with Crippen molar-refractivity contribution in [2.45, 2.75) is 0 Å². The summed E-state index contributed by atoms with van der Waals surface area (Å²) in [5.41, 5.74) is 0.681. The molecule has 0 spiro atoms. The number of ketones is 1. The molecule has 0 saturated carbocycles. The summed E-state index contributed by atoms with van der Waals surface area (Å²) in [6.07, 6.45) is 1.52. The third-order valence-corrected chi connectivity index (χ3v) is 3.85. The quantitative estimate of drug-likeness (QED) is 0.494. The molecule has 138 valence electrons. The van der Waals surface area contributed by atoms with E-state index in [0.717, 1.165) is 12.1 Å². The molecule has 2 aromatic carbocycles. The van der Waals surface area contributed by atoms with E-state index in [4.69, 9.17) is 11.6 Å². The summed E-state index contributed by atoms with van der Waals surface area (Å²) in [5, 5.41) is 12.0. The van der Waals surface area contributed by atoms with Crippen molar-refractivity contribution in [3.63, 3.8) is 0 Å². The predicted molar refractivity (Wildman–Crippen MR) is 96.5 cm³/mol. The summed E-state index contributed by atoms with van der Waals surface area (Å²) in [4.78, 5) is 14.6. The number of halogens is 3. The number of rotatable bonds is 5. The van der Waals surface area contributed by atoms with E-state index in [-0.39, 0.29) is 17.0 Å². The third kappa shape index (κ3) is 4.01. The molecule has 0 saturated heterocycles. The number of hydrogen-bond acceptors (Lipinski definition) is 5. The molecule has 9 heteroatoms. The van der Waals surface area contributed by atoms with Gasteiger partial charge in [-0.3, -0.25) is 4.79 Å². The second kappa shape index (κ2) is 7.63. The Labute approximate surface area is 158 Å². The van der Waals surface area contributed by atoms with Crippen LogP contribution in [0.1, 0.15) is 16.2 Å². The van der Waals surface area contributed by atoms with Gasteiger partial charge < -0.3 is 4.90 Å². The minimum Gasteiger partial charge on any atom is -0.383 e. The first-order valence-corrected chi connectivity index (χ1v) is 8.17. The van der Waals surface area contributed by atoms with Crippen molar-refractivity contribution in [1.82, 2.24) is 25.1 Å². The Morgan fingerprint density at radius 2 is 1.81 bits per heavy atom. The van der Waals surface area contributed by atoms with Gasteiger partial charge in [0.15, 0.2) is 23.2 Å². The summed E-state index contributed by atoms with van der Waals surface area (Å²) >= 11 is 5.90. The summed E-state index contributed by atoms with van der Waals surface area (Å²) in [5.74, 6) is -2.54. The molecule has 1 heterocycles. The highest BCUT2D eigenvalue weighted by Gasteiger charge is 2.23. The molecule has 1 aromatic heterocycles. The second-order valence-corrected chi connectivity index (χ2v) is 6.29. The number of carbonyl (C=O) groups excluding carboxylic acids is 1. The molecule has 3 rings (SSSR count). The average molecular weight is 390 g/mol. The molecule has 0 aliphatic carbocycles. The molecular weight excluding hydrogens is 376 g/mol. The normalized spacial score (nSPS) is 11.5. The summed E-state index contributed by atoms with van der Waals surface area (Å²) in [6.45, 7) is 0. The largest absolute Gasteiger partial charge is 0.383 e. The SMILES string of the molecule is CN(C)/C=C(\C(=O)c1ccc(F)c(F)c1)c1nnnn1-c1ccc(Cl)cc1. The van der Waals surface area contributed by atoms with Gasteiger partial charge in [-0.05, 0) is 52.9 Å². The number of nitrogens with zero attached hydrogens (tertiary/aromatic N) is 5. The first-order chi connectivity index (χ1) is 12.9. The lowest BCUT2D eigenvalue weighted by atomic mass is 10.0. The van der Waals surface area contributed by atoms with Crippen LogP contribution in [0.3, 0.4) is 0 Å². The van der Waals surface area contributed by atoms with E-state index in [0.29, 0.717) is 10.7 Å². The van der Waals surface area contributed by atoms with Gasteiger partial charge in [0.1, 0.15) is 0 Å². The van der Waals surface area contributed by atoms with Crippen molar-refractivity contribution in [2.24, 2.45) is 0 Å². The van der Waals surface area contributed by atoms with Crippen LogP contribution >= 0.6 is 11.6 Å². The van der Waals surface area contributed by atoms with Crippen LogP contribution in [0.15, 0.2) is 48.7 Å². The Morgan fingerprint density at radius 3 is 2.44 bits per heavy atom. The molecule has 0 unspecified atom stereocenters. The zero-order valence-corrected chi connectivity index (χ0v) is 15.2. The summed E-state index contributed by atoms with van der Waals surface area (Å²) < 4.78 is 28.1. The van der Waals surface area contributed by atoms with E-state index < -0.39 is 17.4 Å². The van der Waals surface area contributed by atoms with Crippen LogP contribution in [-0.4, -0.2) is 45.0 Å². The maximum atomic E-state index is 13.6. The average Bonchev–Trinajstić information content (AvgIpc) is 3.11. The zero-order valence-electron chi connectivity index (χ0n) is 14.4. The second-order valence-electron chi connectivity index (χ2n) is 5.86. The predicted octanol–water partition coefficient (Wildman–Crippen LogP) is 3.38. The number of Topliss-reactive ketones (excluding diaryl/α,β-unsaturated/α-hetero) is 1.